The van der Waals surface area contributed by atoms with Crippen LogP contribution in [-0.2, 0) is 4.79 Å². The molecule has 18 heavy (non-hydrogen) atoms. The molecule has 1 atom stereocenters. The lowest BCUT2D eigenvalue weighted by Gasteiger charge is -2.25. The number of halogens is 1. The van der Waals surface area contributed by atoms with Crippen LogP contribution >= 0.6 is 11.6 Å². The van der Waals surface area contributed by atoms with E-state index in [0.717, 1.165) is 0 Å². The third-order valence-corrected chi connectivity index (χ3v) is 3.21. The van der Waals surface area contributed by atoms with Gasteiger partial charge >= 0.3 is 5.97 Å². The van der Waals surface area contributed by atoms with E-state index in [9.17, 15) is 9.90 Å². The second-order valence-electron chi connectivity index (χ2n) is 4.09. The van der Waals surface area contributed by atoms with E-state index in [0.29, 0.717) is 27.6 Å². The van der Waals surface area contributed by atoms with Crippen LogP contribution in [0.1, 0.15) is 17.0 Å². The molecular weight excluding hydrogens is 252 g/mol. The summed E-state index contributed by atoms with van der Waals surface area (Å²) in [5, 5.41) is 9.93. The SMILES string of the molecule is O=C(O)[C@H]1c2ccccc2Oc2ccc(Cl)cc21. The van der Waals surface area contributed by atoms with Gasteiger partial charge in [-0.15, -0.1) is 0 Å². The fraction of sp³-hybridized carbons (Fsp3) is 0.0714. The molecule has 1 aliphatic heterocycles. The topological polar surface area (TPSA) is 46.5 Å². The highest BCUT2D eigenvalue weighted by Crippen LogP contribution is 2.44. The lowest BCUT2D eigenvalue weighted by Crippen LogP contribution is -2.18. The van der Waals surface area contributed by atoms with Gasteiger partial charge in [-0.1, -0.05) is 29.8 Å². The molecule has 0 saturated heterocycles. The van der Waals surface area contributed by atoms with Gasteiger partial charge < -0.3 is 9.84 Å². The van der Waals surface area contributed by atoms with Crippen LogP contribution in [0.5, 0.6) is 11.5 Å². The largest absolute Gasteiger partial charge is 0.481 e. The Bertz CT molecular complexity index is 637. The van der Waals surface area contributed by atoms with Gasteiger partial charge in [0.25, 0.3) is 0 Å². The van der Waals surface area contributed by atoms with Crippen molar-refractivity contribution in [2.24, 2.45) is 0 Å². The Kier molecular flexibility index (Phi) is 2.49. The van der Waals surface area contributed by atoms with Gasteiger partial charge in [-0.3, -0.25) is 4.79 Å². The van der Waals surface area contributed by atoms with E-state index in [-0.39, 0.29) is 0 Å². The second kappa shape index (κ2) is 4.03. The Morgan fingerprint density at radius 1 is 1.11 bits per heavy atom. The quantitative estimate of drug-likeness (QED) is 0.851. The van der Waals surface area contributed by atoms with Crippen LogP contribution in [0.3, 0.4) is 0 Å². The van der Waals surface area contributed by atoms with E-state index in [1.54, 1.807) is 36.4 Å². The summed E-state index contributed by atoms with van der Waals surface area (Å²) < 4.78 is 5.69. The van der Waals surface area contributed by atoms with Crippen LogP contribution < -0.4 is 4.74 Å². The fourth-order valence-electron chi connectivity index (χ4n) is 2.20. The van der Waals surface area contributed by atoms with Gasteiger partial charge in [-0.05, 0) is 24.3 Å². The second-order valence-corrected chi connectivity index (χ2v) is 4.53. The zero-order valence-electron chi connectivity index (χ0n) is 9.26. The van der Waals surface area contributed by atoms with Gasteiger partial charge in [0.2, 0.25) is 0 Å². The predicted molar refractivity (Wildman–Crippen MR) is 67.4 cm³/mol. The number of benzene rings is 2. The van der Waals surface area contributed by atoms with Crippen molar-refractivity contribution in [3.05, 3.63) is 58.6 Å². The Morgan fingerprint density at radius 3 is 2.61 bits per heavy atom. The standard InChI is InChI=1S/C14H9ClO3/c15-8-5-6-12-10(7-8)13(14(16)17)9-3-1-2-4-11(9)18-12/h1-7,13H,(H,16,17)/t13-/m0/s1. The van der Waals surface area contributed by atoms with Crippen molar-refractivity contribution in [1.29, 1.82) is 0 Å². The van der Waals surface area contributed by atoms with E-state index in [2.05, 4.69) is 0 Å². The fourth-order valence-corrected chi connectivity index (χ4v) is 2.38. The summed E-state index contributed by atoms with van der Waals surface area (Å²) in [7, 11) is 0. The summed E-state index contributed by atoms with van der Waals surface area (Å²) in [6, 6.07) is 12.2. The predicted octanol–water partition coefficient (Wildman–Crippen LogP) is 3.66. The highest BCUT2D eigenvalue weighted by atomic mass is 35.5. The van der Waals surface area contributed by atoms with Crippen LogP contribution in [0, 0.1) is 0 Å². The number of ether oxygens (including phenoxy) is 1. The van der Waals surface area contributed by atoms with Crippen molar-refractivity contribution < 1.29 is 14.6 Å². The molecule has 0 aliphatic carbocycles. The summed E-state index contributed by atoms with van der Waals surface area (Å²) in [5.74, 6) is -0.511. The first-order chi connectivity index (χ1) is 8.66. The number of fused-ring (bicyclic) bond motifs is 2. The van der Waals surface area contributed by atoms with Gasteiger partial charge in [-0.25, -0.2) is 0 Å². The first-order valence-corrected chi connectivity index (χ1v) is 5.83. The minimum atomic E-state index is -0.908. The van der Waals surface area contributed by atoms with Gasteiger partial charge in [0.15, 0.2) is 0 Å². The van der Waals surface area contributed by atoms with Crippen molar-refractivity contribution in [2.75, 3.05) is 0 Å². The molecule has 2 aromatic carbocycles. The lowest BCUT2D eigenvalue weighted by molar-refractivity contribution is -0.137. The Morgan fingerprint density at radius 2 is 1.83 bits per heavy atom. The molecule has 3 rings (SSSR count). The number of carboxylic acids is 1. The number of hydrogen-bond acceptors (Lipinski definition) is 2. The molecule has 3 nitrogen and oxygen atoms in total. The molecule has 0 fully saturated rings. The lowest BCUT2D eigenvalue weighted by atomic mass is 9.88. The summed E-state index contributed by atoms with van der Waals surface area (Å²) >= 11 is 5.93. The third kappa shape index (κ3) is 1.64. The average Bonchev–Trinajstić information content (AvgIpc) is 2.35. The summed E-state index contributed by atoms with van der Waals surface area (Å²) in [5.41, 5.74) is 1.24. The monoisotopic (exact) mass is 260 g/mol. The number of carbonyl (C=O) groups is 1. The maximum Gasteiger partial charge on any atom is 0.315 e. The van der Waals surface area contributed by atoms with E-state index < -0.39 is 11.9 Å². The van der Waals surface area contributed by atoms with Crippen molar-refractivity contribution in [3.63, 3.8) is 0 Å². The Labute approximate surface area is 109 Å². The summed E-state index contributed by atoms with van der Waals surface area (Å²) in [6.07, 6.45) is 0. The molecular formula is C14H9ClO3. The molecule has 0 spiro atoms. The number of aliphatic carboxylic acids is 1. The summed E-state index contributed by atoms with van der Waals surface area (Å²) in [6.45, 7) is 0. The van der Waals surface area contributed by atoms with Crippen LogP contribution in [0.15, 0.2) is 42.5 Å². The molecule has 0 aromatic heterocycles. The maximum absolute atomic E-state index is 11.5. The van der Waals surface area contributed by atoms with E-state index in [4.69, 9.17) is 16.3 Å². The molecule has 4 heteroatoms. The molecule has 0 amide bonds. The molecule has 0 radical (unpaired) electrons. The Balaban J connectivity index is 2.24. The van der Waals surface area contributed by atoms with E-state index in [1.807, 2.05) is 6.07 Å². The third-order valence-electron chi connectivity index (χ3n) is 2.98. The van der Waals surface area contributed by atoms with E-state index >= 15 is 0 Å². The van der Waals surface area contributed by atoms with Crippen LogP contribution in [0.2, 0.25) is 5.02 Å². The first kappa shape index (κ1) is 11.1. The number of carboxylic acid groups (broad SMARTS) is 1. The number of rotatable bonds is 1. The number of para-hydroxylation sites is 1. The molecule has 1 N–H and O–H groups in total. The minimum Gasteiger partial charge on any atom is -0.481 e. The van der Waals surface area contributed by atoms with Crippen LogP contribution in [0.4, 0.5) is 0 Å². The molecule has 0 unspecified atom stereocenters. The maximum atomic E-state index is 11.5. The highest BCUT2D eigenvalue weighted by Gasteiger charge is 2.32. The van der Waals surface area contributed by atoms with Gasteiger partial charge in [-0.2, -0.15) is 0 Å². The van der Waals surface area contributed by atoms with Crippen molar-refractivity contribution in [2.45, 2.75) is 5.92 Å². The number of hydrogen-bond donors (Lipinski definition) is 1. The van der Waals surface area contributed by atoms with E-state index in [1.165, 1.54) is 0 Å². The normalized spacial score (nSPS) is 16.4. The molecule has 90 valence electrons. The zero-order chi connectivity index (χ0) is 12.7. The van der Waals surface area contributed by atoms with Crippen molar-refractivity contribution >= 4 is 17.6 Å². The van der Waals surface area contributed by atoms with Crippen LogP contribution in [0.25, 0.3) is 0 Å². The van der Waals surface area contributed by atoms with Gasteiger partial charge in [0.1, 0.15) is 17.4 Å². The highest BCUT2D eigenvalue weighted by molar-refractivity contribution is 6.30. The summed E-state index contributed by atoms with van der Waals surface area (Å²) in [4.78, 5) is 11.5. The Hall–Kier alpha value is -2.00. The average molecular weight is 261 g/mol. The van der Waals surface area contributed by atoms with Crippen molar-refractivity contribution in [3.8, 4) is 11.5 Å². The molecule has 1 heterocycles. The van der Waals surface area contributed by atoms with Crippen LogP contribution in [-0.4, -0.2) is 11.1 Å². The first-order valence-electron chi connectivity index (χ1n) is 5.46. The van der Waals surface area contributed by atoms with Crippen molar-refractivity contribution in [1.82, 2.24) is 0 Å². The molecule has 2 aromatic rings. The molecule has 0 bridgehead atoms. The van der Waals surface area contributed by atoms with Gasteiger partial charge in [0.05, 0.1) is 0 Å². The smallest absolute Gasteiger partial charge is 0.315 e. The van der Waals surface area contributed by atoms with Gasteiger partial charge in [0, 0.05) is 16.1 Å². The minimum absolute atomic E-state index is 0.503. The zero-order valence-corrected chi connectivity index (χ0v) is 10.0. The molecule has 0 saturated carbocycles. The molecule has 1 aliphatic rings.